The molecule has 3 heteroatoms. The number of aliphatic hydroxyl groups excluding tert-OH is 1. The summed E-state index contributed by atoms with van der Waals surface area (Å²) in [6.07, 6.45) is 3.69. The summed E-state index contributed by atoms with van der Waals surface area (Å²) < 4.78 is 0. The van der Waals surface area contributed by atoms with Crippen LogP contribution in [-0.2, 0) is 4.79 Å². The van der Waals surface area contributed by atoms with Crippen LogP contribution >= 0.6 is 0 Å². The molecule has 0 aromatic heterocycles. The third kappa shape index (κ3) is 1.75. The molecular weight excluding hydrogens is 204 g/mol. The Morgan fingerprint density at radius 2 is 2.00 bits per heavy atom. The second kappa shape index (κ2) is 4.36. The smallest absolute Gasteiger partial charge is 0.307 e. The van der Waals surface area contributed by atoms with Crippen LogP contribution in [0.5, 0.6) is 0 Å². The molecule has 2 aliphatic rings. The number of carbonyl (C=O) groups is 1. The van der Waals surface area contributed by atoms with E-state index in [2.05, 4.69) is 6.92 Å². The van der Waals surface area contributed by atoms with Crippen LogP contribution < -0.4 is 0 Å². The Morgan fingerprint density at radius 3 is 2.44 bits per heavy atom. The number of hydrogen-bond donors (Lipinski definition) is 2. The first-order valence-electron chi connectivity index (χ1n) is 6.40. The van der Waals surface area contributed by atoms with Gasteiger partial charge in [0.2, 0.25) is 0 Å². The molecule has 0 aromatic rings. The number of aliphatic carboxylic acids is 1. The van der Waals surface area contributed by atoms with Gasteiger partial charge in [0.05, 0.1) is 5.92 Å². The Labute approximate surface area is 96.9 Å². The van der Waals surface area contributed by atoms with Crippen LogP contribution in [0.25, 0.3) is 0 Å². The van der Waals surface area contributed by atoms with Crippen molar-refractivity contribution in [2.45, 2.75) is 33.1 Å². The molecule has 2 rings (SSSR count). The molecule has 0 radical (unpaired) electrons. The molecule has 0 aliphatic heterocycles. The molecule has 2 aliphatic carbocycles. The topological polar surface area (TPSA) is 57.5 Å². The maximum absolute atomic E-state index is 11.4. The summed E-state index contributed by atoms with van der Waals surface area (Å²) in [7, 11) is 0. The largest absolute Gasteiger partial charge is 0.481 e. The highest BCUT2D eigenvalue weighted by Crippen LogP contribution is 2.55. The van der Waals surface area contributed by atoms with Gasteiger partial charge in [-0.15, -0.1) is 0 Å². The third-order valence-electron chi connectivity index (χ3n) is 5.01. The van der Waals surface area contributed by atoms with Crippen molar-refractivity contribution in [1.29, 1.82) is 0 Å². The normalized spacial score (nSPS) is 40.9. The van der Waals surface area contributed by atoms with Gasteiger partial charge in [-0.05, 0) is 48.9 Å². The van der Waals surface area contributed by atoms with Crippen molar-refractivity contribution in [3.05, 3.63) is 0 Å². The minimum absolute atomic E-state index is 0.0163. The zero-order valence-electron chi connectivity index (χ0n) is 10.1. The Kier molecular flexibility index (Phi) is 3.24. The minimum atomic E-state index is -0.717. The lowest BCUT2D eigenvalue weighted by molar-refractivity contribution is -0.148. The lowest BCUT2D eigenvalue weighted by Gasteiger charge is -2.35. The first-order chi connectivity index (χ1) is 7.56. The summed E-state index contributed by atoms with van der Waals surface area (Å²) >= 11 is 0. The predicted molar refractivity (Wildman–Crippen MR) is 60.9 cm³/mol. The number of rotatable bonds is 4. The van der Waals surface area contributed by atoms with E-state index in [4.69, 9.17) is 0 Å². The van der Waals surface area contributed by atoms with Gasteiger partial charge in [0.1, 0.15) is 0 Å². The molecule has 2 saturated carbocycles. The minimum Gasteiger partial charge on any atom is -0.481 e. The van der Waals surface area contributed by atoms with Gasteiger partial charge in [-0.2, -0.15) is 0 Å². The van der Waals surface area contributed by atoms with Crippen LogP contribution in [0.2, 0.25) is 0 Å². The average Bonchev–Trinajstić information content (AvgIpc) is 2.81. The summed E-state index contributed by atoms with van der Waals surface area (Å²) in [5.41, 5.74) is 0. The van der Waals surface area contributed by atoms with Gasteiger partial charge in [0, 0.05) is 6.61 Å². The van der Waals surface area contributed by atoms with E-state index in [1.165, 1.54) is 19.3 Å². The quantitative estimate of drug-likeness (QED) is 0.770. The number of hydrogen-bond acceptors (Lipinski definition) is 2. The van der Waals surface area contributed by atoms with Gasteiger partial charge in [-0.25, -0.2) is 0 Å². The zero-order valence-corrected chi connectivity index (χ0v) is 10.1. The Bertz CT molecular complexity index is 274. The van der Waals surface area contributed by atoms with Crippen LogP contribution in [0.3, 0.4) is 0 Å². The van der Waals surface area contributed by atoms with Gasteiger partial charge in [0.15, 0.2) is 0 Å². The summed E-state index contributed by atoms with van der Waals surface area (Å²) in [5, 5.41) is 18.6. The van der Waals surface area contributed by atoms with Gasteiger partial charge in [0.25, 0.3) is 0 Å². The van der Waals surface area contributed by atoms with Crippen molar-refractivity contribution in [1.82, 2.24) is 0 Å². The van der Waals surface area contributed by atoms with Crippen LogP contribution in [0.15, 0.2) is 0 Å². The average molecular weight is 226 g/mol. The van der Waals surface area contributed by atoms with Gasteiger partial charge in [-0.1, -0.05) is 13.8 Å². The van der Waals surface area contributed by atoms with Crippen molar-refractivity contribution in [3.63, 3.8) is 0 Å². The van der Waals surface area contributed by atoms with E-state index in [0.717, 1.165) is 5.92 Å². The van der Waals surface area contributed by atoms with Gasteiger partial charge < -0.3 is 10.2 Å². The molecule has 2 bridgehead atoms. The highest BCUT2D eigenvalue weighted by atomic mass is 16.4. The fourth-order valence-electron chi connectivity index (χ4n) is 4.14. The molecule has 0 amide bonds. The van der Waals surface area contributed by atoms with Gasteiger partial charge >= 0.3 is 5.97 Å². The maximum atomic E-state index is 11.4. The standard InChI is InChI=1S/C13H22O3/c1-7(6-14)11(13(15)16)12-8(2)9-3-4-10(12)5-9/h7-12,14H,3-6H2,1-2H3,(H,15,16). The Balaban J connectivity index is 2.17. The maximum Gasteiger partial charge on any atom is 0.307 e. The number of aliphatic hydroxyl groups is 1. The lowest BCUT2D eigenvalue weighted by Crippen LogP contribution is -2.37. The Morgan fingerprint density at radius 1 is 1.38 bits per heavy atom. The van der Waals surface area contributed by atoms with E-state index in [0.29, 0.717) is 17.8 Å². The summed E-state index contributed by atoms with van der Waals surface area (Å²) in [4.78, 5) is 11.4. The zero-order chi connectivity index (χ0) is 11.9. The molecule has 92 valence electrons. The van der Waals surface area contributed by atoms with Crippen LogP contribution in [-0.4, -0.2) is 22.8 Å². The first kappa shape index (κ1) is 11.9. The van der Waals surface area contributed by atoms with E-state index in [1.54, 1.807) is 0 Å². The summed E-state index contributed by atoms with van der Waals surface area (Å²) in [6, 6.07) is 0. The molecule has 0 heterocycles. The SMILES string of the molecule is CC(CO)C(C(=O)O)C1C2CCC(C2)C1C. The molecule has 0 saturated heterocycles. The Hall–Kier alpha value is -0.570. The second-order valence-electron chi connectivity index (χ2n) is 5.79. The second-order valence-corrected chi connectivity index (χ2v) is 5.79. The molecule has 6 unspecified atom stereocenters. The molecule has 16 heavy (non-hydrogen) atoms. The fourth-order valence-corrected chi connectivity index (χ4v) is 4.14. The van der Waals surface area contributed by atoms with Crippen molar-refractivity contribution in [2.24, 2.45) is 35.5 Å². The van der Waals surface area contributed by atoms with Crippen molar-refractivity contribution in [3.8, 4) is 0 Å². The number of fused-ring (bicyclic) bond motifs is 2. The predicted octanol–water partition coefficient (Wildman–Crippen LogP) is 2.00. The highest BCUT2D eigenvalue weighted by Gasteiger charge is 2.51. The molecule has 0 spiro atoms. The molecule has 2 fully saturated rings. The van der Waals surface area contributed by atoms with Crippen molar-refractivity contribution in [2.75, 3.05) is 6.61 Å². The molecule has 3 nitrogen and oxygen atoms in total. The summed E-state index contributed by atoms with van der Waals surface area (Å²) in [5.74, 6) is 0.954. The number of carboxylic acids is 1. The van der Waals surface area contributed by atoms with Crippen molar-refractivity contribution < 1.29 is 15.0 Å². The van der Waals surface area contributed by atoms with E-state index >= 15 is 0 Å². The van der Waals surface area contributed by atoms with E-state index in [9.17, 15) is 15.0 Å². The third-order valence-corrected chi connectivity index (χ3v) is 5.01. The lowest BCUT2D eigenvalue weighted by atomic mass is 9.69. The fraction of sp³-hybridized carbons (Fsp3) is 0.923. The van der Waals surface area contributed by atoms with E-state index < -0.39 is 5.97 Å². The van der Waals surface area contributed by atoms with Crippen LogP contribution in [0.4, 0.5) is 0 Å². The van der Waals surface area contributed by atoms with E-state index in [1.807, 2.05) is 6.92 Å². The first-order valence-corrected chi connectivity index (χ1v) is 6.40. The molecule has 2 N–H and O–H groups in total. The molecule has 0 aromatic carbocycles. The van der Waals surface area contributed by atoms with Gasteiger partial charge in [-0.3, -0.25) is 4.79 Å². The summed E-state index contributed by atoms with van der Waals surface area (Å²) in [6.45, 7) is 4.05. The highest BCUT2D eigenvalue weighted by molar-refractivity contribution is 5.71. The molecular formula is C13H22O3. The number of carboxylic acid groups (broad SMARTS) is 1. The van der Waals surface area contributed by atoms with E-state index in [-0.39, 0.29) is 18.4 Å². The monoisotopic (exact) mass is 226 g/mol. The van der Waals surface area contributed by atoms with Crippen LogP contribution in [0, 0.1) is 35.5 Å². The molecule has 6 atom stereocenters. The van der Waals surface area contributed by atoms with Crippen molar-refractivity contribution >= 4 is 5.97 Å². The van der Waals surface area contributed by atoms with Crippen LogP contribution in [0.1, 0.15) is 33.1 Å².